The van der Waals surface area contributed by atoms with Gasteiger partial charge in [0, 0.05) is 0 Å². The Bertz CT molecular complexity index is 512. The summed E-state index contributed by atoms with van der Waals surface area (Å²) < 4.78 is 41.6. The Morgan fingerprint density at radius 2 is 1.70 bits per heavy atom. The van der Waals surface area contributed by atoms with Crippen LogP contribution in [0.3, 0.4) is 0 Å². The van der Waals surface area contributed by atoms with E-state index in [1.165, 1.54) is 36.7 Å². The number of methoxy groups -OCH3 is 1. The van der Waals surface area contributed by atoms with Crippen LogP contribution in [0.1, 0.15) is 12.5 Å². The first-order chi connectivity index (χ1) is 9.11. The smallest absolute Gasteiger partial charge is 0.471 e. The fourth-order valence-electron chi connectivity index (χ4n) is 1.47. The molecule has 0 aliphatic carbocycles. The number of carbonyl (C=O) groups is 2. The van der Waals surface area contributed by atoms with Gasteiger partial charge in [-0.3, -0.25) is 4.79 Å². The lowest BCUT2D eigenvalue weighted by atomic mass is 9.92. The summed E-state index contributed by atoms with van der Waals surface area (Å²) in [5.41, 5.74) is -2.21. The van der Waals surface area contributed by atoms with Crippen molar-refractivity contribution in [2.45, 2.75) is 18.6 Å². The van der Waals surface area contributed by atoms with Gasteiger partial charge in [0.2, 0.25) is 0 Å². The Morgan fingerprint density at radius 3 is 2.05 bits per heavy atom. The van der Waals surface area contributed by atoms with E-state index >= 15 is 0 Å². The van der Waals surface area contributed by atoms with Gasteiger partial charge in [-0.05, 0) is 24.6 Å². The Kier molecular flexibility index (Phi) is 4.26. The van der Waals surface area contributed by atoms with Crippen molar-refractivity contribution in [3.05, 3.63) is 29.8 Å². The molecule has 20 heavy (non-hydrogen) atoms. The standard InChI is InChI=1S/C12H12F3NO4/c1-11(10(18)19,16-9(17)12(13,14)15)7-3-5-8(20-2)6-4-7/h3-6H,1-2H3,(H,16,17)(H,18,19). The van der Waals surface area contributed by atoms with Crippen LogP contribution in [0.25, 0.3) is 0 Å². The number of benzene rings is 1. The Labute approximate surface area is 112 Å². The van der Waals surface area contributed by atoms with Gasteiger partial charge in [0.1, 0.15) is 5.75 Å². The minimum Gasteiger partial charge on any atom is -0.497 e. The van der Waals surface area contributed by atoms with Crippen molar-refractivity contribution in [3.63, 3.8) is 0 Å². The average molecular weight is 291 g/mol. The lowest BCUT2D eigenvalue weighted by Gasteiger charge is -2.27. The highest BCUT2D eigenvalue weighted by atomic mass is 19.4. The van der Waals surface area contributed by atoms with Gasteiger partial charge in [-0.15, -0.1) is 0 Å². The zero-order valence-corrected chi connectivity index (χ0v) is 10.6. The second-order valence-electron chi connectivity index (χ2n) is 4.11. The molecule has 0 radical (unpaired) electrons. The van der Waals surface area contributed by atoms with Gasteiger partial charge in [-0.1, -0.05) is 12.1 Å². The van der Waals surface area contributed by atoms with E-state index in [1.807, 2.05) is 0 Å². The van der Waals surface area contributed by atoms with Crippen molar-refractivity contribution < 1.29 is 32.6 Å². The summed E-state index contributed by atoms with van der Waals surface area (Å²) in [6.45, 7) is 0.973. The van der Waals surface area contributed by atoms with Gasteiger partial charge in [0.05, 0.1) is 7.11 Å². The van der Waals surface area contributed by atoms with E-state index in [2.05, 4.69) is 0 Å². The summed E-state index contributed by atoms with van der Waals surface area (Å²) in [6, 6.07) is 5.31. The Morgan fingerprint density at radius 1 is 1.20 bits per heavy atom. The highest BCUT2D eigenvalue weighted by Crippen LogP contribution is 2.26. The molecule has 110 valence electrons. The average Bonchev–Trinajstić information content (AvgIpc) is 2.37. The third-order valence-corrected chi connectivity index (χ3v) is 2.72. The van der Waals surface area contributed by atoms with Gasteiger partial charge >= 0.3 is 18.1 Å². The molecule has 0 heterocycles. The Hall–Kier alpha value is -2.25. The monoisotopic (exact) mass is 291 g/mol. The Balaban J connectivity index is 3.14. The van der Waals surface area contributed by atoms with Crippen molar-refractivity contribution in [1.82, 2.24) is 5.32 Å². The number of rotatable bonds is 4. The van der Waals surface area contributed by atoms with Crippen molar-refractivity contribution >= 4 is 11.9 Å². The van der Waals surface area contributed by atoms with Gasteiger partial charge < -0.3 is 15.2 Å². The summed E-state index contributed by atoms with van der Waals surface area (Å²) in [5, 5.41) is 10.6. The van der Waals surface area contributed by atoms with Crippen LogP contribution in [-0.2, 0) is 15.1 Å². The molecule has 0 bridgehead atoms. The van der Waals surface area contributed by atoms with Gasteiger partial charge in [0.25, 0.3) is 0 Å². The van der Waals surface area contributed by atoms with Crippen LogP contribution in [-0.4, -0.2) is 30.3 Å². The molecule has 0 spiro atoms. The molecule has 0 saturated carbocycles. The molecule has 1 amide bonds. The first kappa shape index (κ1) is 15.8. The third-order valence-electron chi connectivity index (χ3n) is 2.72. The number of ether oxygens (including phenoxy) is 1. The topological polar surface area (TPSA) is 75.6 Å². The fourth-order valence-corrected chi connectivity index (χ4v) is 1.47. The molecule has 5 nitrogen and oxygen atoms in total. The quantitative estimate of drug-likeness (QED) is 0.885. The summed E-state index contributed by atoms with van der Waals surface area (Å²) in [5.74, 6) is -3.53. The normalized spacial score (nSPS) is 14.2. The number of carboxylic acids is 1. The lowest BCUT2D eigenvalue weighted by Crippen LogP contribution is -2.53. The maximum atomic E-state index is 12.3. The van der Waals surface area contributed by atoms with Crippen molar-refractivity contribution in [1.29, 1.82) is 0 Å². The van der Waals surface area contributed by atoms with Crippen LogP contribution < -0.4 is 10.1 Å². The third kappa shape index (κ3) is 3.19. The molecule has 1 unspecified atom stereocenters. The van der Waals surface area contributed by atoms with E-state index in [9.17, 15) is 22.8 Å². The molecule has 0 saturated heterocycles. The molecule has 1 atom stereocenters. The highest BCUT2D eigenvalue weighted by Gasteiger charge is 2.46. The molecule has 0 aliphatic heterocycles. The number of nitrogens with one attached hydrogen (secondary N) is 1. The fraction of sp³-hybridized carbons (Fsp3) is 0.333. The first-order valence-electron chi connectivity index (χ1n) is 5.38. The molecule has 1 rings (SSSR count). The molecule has 1 aromatic rings. The van der Waals surface area contributed by atoms with Crippen LogP contribution in [0.4, 0.5) is 13.2 Å². The molecular formula is C12H12F3NO4. The summed E-state index contributed by atoms with van der Waals surface area (Å²) >= 11 is 0. The molecule has 2 N–H and O–H groups in total. The lowest BCUT2D eigenvalue weighted by molar-refractivity contribution is -0.177. The minimum atomic E-state index is -5.16. The maximum absolute atomic E-state index is 12.3. The van der Waals surface area contributed by atoms with Crippen LogP contribution in [0, 0.1) is 0 Å². The summed E-state index contributed by atoms with van der Waals surface area (Å²) in [6.07, 6.45) is -5.16. The van der Waals surface area contributed by atoms with Crippen molar-refractivity contribution in [2.24, 2.45) is 0 Å². The maximum Gasteiger partial charge on any atom is 0.471 e. The molecule has 0 aliphatic rings. The highest BCUT2D eigenvalue weighted by molar-refractivity contribution is 5.90. The van der Waals surface area contributed by atoms with Crippen molar-refractivity contribution in [2.75, 3.05) is 7.11 Å². The van der Waals surface area contributed by atoms with E-state index in [1.54, 1.807) is 0 Å². The number of amides is 1. The number of hydrogen-bond donors (Lipinski definition) is 2. The second kappa shape index (κ2) is 5.40. The predicted octanol–water partition coefficient (Wildman–Crippen LogP) is 1.67. The largest absolute Gasteiger partial charge is 0.497 e. The van der Waals surface area contributed by atoms with Crippen molar-refractivity contribution in [3.8, 4) is 5.75 Å². The molecule has 0 aromatic heterocycles. The number of carbonyl (C=O) groups excluding carboxylic acids is 1. The number of hydrogen-bond acceptors (Lipinski definition) is 3. The molecule has 8 heteroatoms. The molecular weight excluding hydrogens is 279 g/mol. The van der Waals surface area contributed by atoms with Gasteiger partial charge in [-0.25, -0.2) is 4.79 Å². The predicted molar refractivity (Wildman–Crippen MR) is 62.2 cm³/mol. The number of carboxylic acid groups (broad SMARTS) is 1. The molecule has 0 fully saturated rings. The van der Waals surface area contributed by atoms with E-state index in [-0.39, 0.29) is 5.56 Å². The van der Waals surface area contributed by atoms with Crippen LogP contribution in [0.15, 0.2) is 24.3 Å². The van der Waals surface area contributed by atoms with E-state index in [0.29, 0.717) is 5.75 Å². The molecule has 1 aromatic carbocycles. The summed E-state index contributed by atoms with van der Waals surface area (Å²) in [7, 11) is 1.39. The van der Waals surface area contributed by atoms with Gasteiger partial charge in [-0.2, -0.15) is 13.2 Å². The van der Waals surface area contributed by atoms with Crippen LogP contribution in [0.5, 0.6) is 5.75 Å². The number of halogens is 3. The summed E-state index contributed by atoms with van der Waals surface area (Å²) in [4.78, 5) is 22.2. The zero-order valence-electron chi connectivity index (χ0n) is 10.6. The second-order valence-corrected chi connectivity index (χ2v) is 4.11. The van der Waals surface area contributed by atoms with E-state index in [0.717, 1.165) is 6.92 Å². The van der Waals surface area contributed by atoms with Crippen LogP contribution >= 0.6 is 0 Å². The van der Waals surface area contributed by atoms with E-state index < -0.39 is 23.6 Å². The first-order valence-corrected chi connectivity index (χ1v) is 5.38. The SMILES string of the molecule is COc1ccc(C(C)(NC(=O)C(F)(F)F)C(=O)O)cc1. The minimum absolute atomic E-state index is 0.0107. The number of aliphatic carboxylic acids is 1. The van der Waals surface area contributed by atoms with Crippen LogP contribution in [0.2, 0.25) is 0 Å². The number of alkyl halides is 3. The van der Waals surface area contributed by atoms with Gasteiger partial charge in [0.15, 0.2) is 5.54 Å². The zero-order chi connectivity index (χ0) is 15.6. The van der Waals surface area contributed by atoms with E-state index in [4.69, 9.17) is 9.84 Å².